The highest BCUT2D eigenvalue weighted by molar-refractivity contribution is 6.06. The summed E-state index contributed by atoms with van der Waals surface area (Å²) in [6.45, 7) is 0. The minimum atomic E-state index is -0.340. The lowest BCUT2D eigenvalue weighted by atomic mass is 9.78. The van der Waals surface area contributed by atoms with Gasteiger partial charge in [0.05, 0.1) is 24.0 Å². The van der Waals surface area contributed by atoms with Crippen LogP contribution in [0.25, 0.3) is 11.1 Å². The number of imide groups is 1. The van der Waals surface area contributed by atoms with Gasteiger partial charge in [0.15, 0.2) is 0 Å². The summed E-state index contributed by atoms with van der Waals surface area (Å²) in [5.74, 6) is -0.883. The fourth-order valence-electron chi connectivity index (χ4n) is 4.12. The molecule has 0 aromatic rings. The third-order valence-electron chi connectivity index (χ3n) is 5.15. The second-order valence-electron chi connectivity index (χ2n) is 6.09. The molecule has 0 unspecified atom stereocenters. The van der Waals surface area contributed by atoms with Crippen LogP contribution in [-0.2, 0) is 14.3 Å². The number of hydrogen-bond acceptors (Lipinski definition) is 3. The second kappa shape index (κ2) is 3.52. The molecule has 4 heteroatoms. The number of carbonyl (C=O) groups is 2. The van der Waals surface area contributed by atoms with E-state index in [1.54, 1.807) is 7.05 Å². The quantitative estimate of drug-likeness (QED) is 0.694. The number of amides is 2. The third kappa shape index (κ3) is 1.20. The molecule has 3 heterocycles. The van der Waals surface area contributed by atoms with Crippen molar-refractivity contribution in [2.24, 2.45) is 11.8 Å². The van der Waals surface area contributed by atoms with E-state index < -0.39 is 0 Å². The number of ether oxygens (including phenoxy) is 1. The van der Waals surface area contributed by atoms with Gasteiger partial charge in [0, 0.05) is 7.05 Å². The summed E-state index contributed by atoms with van der Waals surface area (Å²) in [5, 5.41) is 0. The van der Waals surface area contributed by atoms with Crippen molar-refractivity contribution in [2.45, 2.75) is 12.2 Å². The van der Waals surface area contributed by atoms with E-state index in [-0.39, 0.29) is 35.9 Å². The molecular formula is C17H13NO3. The van der Waals surface area contributed by atoms with Crippen molar-refractivity contribution in [3.8, 4) is 11.1 Å². The zero-order valence-electron chi connectivity index (χ0n) is 11.4. The fraction of sp³-hybridized carbons (Fsp3) is 0.294. The van der Waals surface area contributed by atoms with Crippen LogP contribution in [0.5, 0.6) is 0 Å². The molecule has 2 bridgehead atoms. The molecule has 2 saturated heterocycles. The minimum absolute atomic E-state index is 0.103. The molecule has 4 atom stereocenters. The molecule has 4 nitrogen and oxygen atoms in total. The van der Waals surface area contributed by atoms with Crippen molar-refractivity contribution in [1.82, 2.24) is 4.90 Å². The van der Waals surface area contributed by atoms with Crippen LogP contribution in [0.1, 0.15) is 23.3 Å². The summed E-state index contributed by atoms with van der Waals surface area (Å²) in [7, 11) is 1.57. The van der Waals surface area contributed by atoms with Crippen LogP contribution in [0.4, 0.5) is 0 Å². The summed E-state index contributed by atoms with van der Waals surface area (Å²) in [4.78, 5) is 25.9. The van der Waals surface area contributed by atoms with Crippen LogP contribution in [0.15, 0.2) is 36.4 Å². The predicted octanol–water partition coefficient (Wildman–Crippen LogP) is 2.15. The van der Waals surface area contributed by atoms with Gasteiger partial charge >= 0.3 is 0 Å². The van der Waals surface area contributed by atoms with Crippen molar-refractivity contribution >= 4 is 11.8 Å². The topological polar surface area (TPSA) is 46.6 Å². The number of hydrogen-bond donors (Lipinski definition) is 0. The maximum absolute atomic E-state index is 12.3. The van der Waals surface area contributed by atoms with Crippen LogP contribution in [0.3, 0.4) is 0 Å². The van der Waals surface area contributed by atoms with Gasteiger partial charge in [-0.15, -0.1) is 0 Å². The Morgan fingerprint density at radius 3 is 2.33 bits per heavy atom. The van der Waals surface area contributed by atoms with Gasteiger partial charge in [-0.05, 0) is 28.3 Å². The smallest absolute Gasteiger partial charge is 0.235 e. The highest BCUT2D eigenvalue weighted by Gasteiger charge is 2.63. The van der Waals surface area contributed by atoms with Crippen molar-refractivity contribution in [3.63, 3.8) is 0 Å². The zero-order chi connectivity index (χ0) is 14.3. The van der Waals surface area contributed by atoms with Gasteiger partial charge in [0.2, 0.25) is 11.8 Å². The molecular weight excluding hydrogens is 266 g/mol. The average Bonchev–Trinajstić information content (AvgIpc) is 3.18. The Bertz CT molecular complexity index is 784. The number of fused-ring (bicyclic) bond motifs is 9. The normalized spacial score (nSPS) is 32.9. The van der Waals surface area contributed by atoms with Crippen LogP contribution in [-0.4, -0.2) is 23.8 Å². The van der Waals surface area contributed by atoms with Crippen molar-refractivity contribution < 1.29 is 14.3 Å². The van der Waals surface area contributed by atoms with E-state index >= 15 is 0 Å². The molecule has 21 heavy (non-hydrogen) atoms. The first-order valence-electron chi connectivity index (χ1n) is 7.16. The summed E-state index contributed by atoms with van der Waals surface area (Å²) >= 11 is 0. The summed E-state index contributed by atoms with van der Waals surface area (Å²) in [6, 6.07) is 12.4. The molecule has 0 N–H and O–H groups in total. The third-order valence-corrected chi connectivity index (χ3v) is 5.15. The van der Waals surface area contributed by atoms with Gasteiger partial charge in [-0.3, -0.25) is 14.5 Å². The van der Waals surface area contributed by atoms with Gasteiger partial charge in [-0.2, -0.15) is 0 Å². The zero-order valence-corrected chi connectivity index (χ0v) is 11.4. The summed E-state index contributed by atoms with van der Waals surface area (Å²) in [6.07, 6.45) is -0.546. The molecule has 2 fully saturated rings. The van der Waals surface area contributed by atoms with Crippen LogP contribution >= 0.6 is 0 Å². The van der Waals surface area contributed by atoms with E-state index in [0.717, 1.165) is 16.7 Å². The Kier molecular flexibility index (Phi) is 1.92. The van der Waals surface area contributed by atoms with E-state index in [0.29, 0.717) is 0 Å². The van der Waals surface area contributed by atoms with Crippen molar-refractivity contribution in [3.05, 3.63) is 47.5 Å². The highest BCUT2D eigenvalue weighted by atomic mass is 16.5. The van der Waals surface area contributed by atoms with E-state index in [2.05, 4.69) is 30.3 Å². The van der Waals surface area contributed by atoms with Gasteiger partial charge in [-0.25, -0.2) is 0 Å². The highest BCUT2D eigenvalue weighted by Crippen LogP contribution is 2.60. The summed E-state index contributed by atoms with van der Waals surface area (Å²) < 4.78 is 6.00. The number of likely N-dealkylation sites (tertiary alicyclic amines) is 1. The van der Waals surface area contributed by atoms with E-state index in [4.69, 9.17) is 4.74 Å². The van der Waals surface area contributed by atoms with E-state index in [1.165, 1.54) is 10.5 Å². The number of rotatable bonds is 0. The molecule has 5 rings (SSSR count). The lowest BCUT2D eigenvalue weighted by Gasteiger charge is -2.18. The Balaban J connectivity index is 1.74. The Labute approximate surface area is 121 Å². The predicted molar refractivity (Wildman–Crippen MR) is 74.4 cm³/mol. The molecule has 2 aliphatic carbocycles. The first-order chi connectivity index (χ1) is 10.2. The van der Waals surface area contributed by atoms with E-state index in [9.17, 15) is 9.59 Å². The first kappa shape index (κ1) is 11.5. The molecule has 104 valence electrons. The molecule has 5 aliphatic rings. The minimum Gasteiger partial charge on any atom is -0.364 e. The van der Waals surface area contributed by atoms with Crippen LogP contribution in [0.2, 0.25) is 0 Å². The largest absolute Gasteiger partial charge is 0.364 e. The number of nitrogens with zero attached hydrogens (tertiary/aromatic N) is 1. The maximum Gasteiger partial charge on any atom is 0.235 e. The fourth-order valence-corrected chi connectivity index (χ4v) is 4.12. The molecule has 0 aromatic carbocycles. The van der Waals surface area contributed by atoms with Crippen molar-refractivity contribution in [1.29, 1.82) is 0 Å². The van der Waals surface area contributed by atoms with E-state index in [1.807, 2.05) is 6.07 Å². The van der Waals surface area contributed by atoms with Crippen LogP contribution < -0.4 is 0 Å². The number of carbonyl (C=O) groups excluding carboxylic acids is 2. The van der Waals surface area contributed by atoms with Gasteiger partial charge in [-0.1, -0.05) is 30.3 Å². The lowest BCUT2D eigenvalue weighted by Crippen LogP contribution is -2.28. The van der Waals surface area contributed by atoms with Gasteiger partial charge in [0.1, 0.15) is 0 Å². The molecule has 0 spiro atoms. The molecule has 0 radical (unpaired) electrons. The monoisotopic (exact) mass is 279 g/mol. The first-order valence-corrected chi connectivity index (χ1v) is 7.16. The maximum atomic E-state index is 12.3. The van der Waals surface area contributed by atoms with Gasteiger partial charge in [0.25, 0.3) is 0 Å². The van der Waals surface area contributed by atoms with Gasteiger partial charge < -0.3 is 4.74 Å². The Morgan fingerprint density at radius 1 is 0.905 bits per heavy atom. The molecule has 0 aromatic heterocycles. The van der Waals surface area contributed by atoms with Crippen molar-refractivity contribution in [2.75, 3.05) is 7.05 Å². The molecule has 2 amide bonds. The van der Waals surface area contributed by atoms with Crippen LogP contribution in [0, 0.1) is 11.8 Å². The standard InChI is InChI=1S/C17H13NO3/c1-18-16(19)12-13(17(18)20)15-11-7-9-4-2-3-8(9)5-6-10(11)14(12)21-15/h2-7,12-15H,1H3/t12-,13+,14-,15+/m0/s1. The summed E-state index contributed by atoms with van der Waals surface area (Å²) in [5.41, 5.74) is 4.45. The Morgan fingerprint density at radius 2 is 1.57 bits per heavy atom. The average molecular weight is 279 g/mol. The molecule has 0 saturated carbocycles. The lowest BCUT2D eigenvalue weighted by molar-refractivity contribution is -0.141. The Hall–Kier alpha value is -2.20. The SMILES string of the molecule is CN1C(=O)[C@@H]2[C@H](C1=O)[C@H]1O[C@@H]2c2cc3cccc-3ccc21. The molecule has 3 aliphatic heterocycles. The second-order valence-corrected chi connectivity index (χ2v) is 6.09.